The summed E-state index contributed by atoms with van der Waals surface area (Å²) < 4.78 is 92.9. The summed E-state index contributed by atoms with van der Waals surface area (Å²) in [6, 6.07) is 29.4. The van der Waals surface area contributed by atoms with Crippen molar-refractivity contribution < 1.29 is 21.2 Å². The van der Waals surface area contributed by atoms with Crippen molar-refractivity contribution in [1.82, 2.24) is 14.5 Å². The number of pyridine rings is 1. The molecule has 0 aliphatic carbocycles. The van der Waals surface area contributed by atoms with Crippen molar-refractivity contribution in [2.45, 2.75) is 60.1 Å². The largest absolute Gasteiger partial charge is 0.453 e. The molecule has 246 valence electrons. The van der Waals surface area contributed by atoms with E-state index in [1.807, 2.05) is 22.8 Å². The summed E-state index contributed by atoms with van der Waals surface area (Å²) in [5.41, 5.74) is 6.03. The summed E-state index contributed by atoms with van der Waals surface area (Å²) in [6.07, 6.45) is 0. The fourth-order valence-electron chi connectivity index (χ4n) is 7.35. The molecule has 9 rings (SSSR count). The van der Waals surface area contributed by atoms with E-state index in [-0.39, 0.29) is 61.7 Å². The highest BCUT2D eigenvalue weighted by molar-refractivity contribution is 6.16. The van der Waals surface area contributed by atoms with Crippen molar-refractivity contribution in [2.75, 3.05) is 0 Å². The number of benzene rings is 5. The second kappa shape index (κ2) is 11.2. The van der Waals surface area contributed by atoms with Gasteiger partial charge in [0.1, 0.15) is 22.5 Å². The Hall–Kier alpha value is -5.68. The van der Waals surface area contributed by atoms with Crippen LogP contribution in [0.4, 0.5) is 0 Å². The van der Waals surface area contributed by atoms with Gasteiger partial charge in [0.15, 0.2) is 5.58 Å². The Morgan fingerprint density at radius 1 is 0.660 bits per heavy atom. The van der Waals surface area contributed by atoms with Crippen LogP contribution in [-0.2, 0) is 0 Å². The van der Waals surface area contributed by atoms with E-state index in [0.29, 0.717) is 33.4 Å². The van der Waals surface area contributed by atoms with Crippen molar-refractivity contribution in [3.63, 3.8) is 0 Å². The van der Waals surface area contributed by atoms with E-state index < -0.39 is 20.6 Å². The lowest BCUT2D eigenvalue weighted by molar-refractivity contribution is 0.651. The molecule has 0 fully saturated rings. The van der Waals surface area contributed by atoms with Crippen LogP contribution in [0.5, 0.6) is 0 Å². The standard InChI is InChI=1S/C45H39N3O2/c1-24(2)33-22-30(29-15-9-8-10-16-29)23-34(25(3)4)41(33)48-40-27(6)14-13-18-35(40)46-44(48)32-21-20-26(5)37-39-42(50-43(32)37)28(7)38-31-17-11-12-19-36(31)49-45(38)47-39/h8-25H,1-7H3/i5D3,6D3,7D3. The predicted molar refractivity (Wildman–Crippen MR) is 207 cm³/mol. The first-order chi connectivity index (χ1) is 27.8. The number of hydrogen-bond donors (Lipinski definition) is 0. The number of fused-ring (bicyclic) bond motifs is 7. The quantitative estimate of drug-likeness (QED) is 0.184. The molecule has 0 atom stereocenters. The fraction of sp³-hybridized carbons (Fsp3) is 0.200. The molecule has 5 aromatic carbocycles. The minimum Gasteiger partial charge on any atom is -0.453 e. The average Bonchev–Trinajstić information content (AvgIpc) is 3.86. The van der Waals surface area contributed by atoms with E-state index in [2.05, 4.69) is 52.0 Å². The first kappa shape index (κ1) is 22.1. The lowest BCUT2D eigenvalue weighted by Gasteiger charge is -2.25. The molecule has 0 saturated heterocycles. The Morgan fingerprint density at radius 3 is 2.16 bits per heavy atom. The molecule has 0 N–H and O–H groups in total. The molecule has 0 spiro atoms. The molecular weight excluding hydrogens is 615 g/mol. The summed E-state index contributed by atoms with van der Waals surface area (Å²) in [5, 5.41) is 0.869. The van der Waals surface area contributed by atoms with E-state index in [4.69, 9.17) is 31.1 Å². The maximum atomic E-state index is 8.75. The zero-order chi connectivity index (χ0) is 41.9. The smallest absolute Gasteiger partial charge is 0.228 e. The topological polar surface area (TPSA) is 57.0 Å². The van der Waals surface area contributed by atoms with E-state index in [1.54, 1.807) is 48.5 Å². The molecular formula is C45H39N3O2. The molecule has 0 radical (unpaired) electrons. The first-order valence-electron chi connectivity index (χ1n) is 21.3. The van der Waals surface area contributed by atoms with Gasteiger partial charge in [0.05, 0.1) is 33.1 Å². The molecule has 5 nitrogen and oxygen atoms in total. The van der Waals surface area contributed by atoms with Gasteiger partial charge in [-0.25, -0.2) is 9.97 Å². The Morgan fingerprint density at radius 2 is 1.42 bits per heavy atom. The number of aryl methyl sites for hydroxylation is 3. The molecule has 0 saturated carbocycles. The molecule has 4 aromatic heterocycles. The maximum absolute atomic E-state index is 8.75. The van der Waals surface area contributed by atoms with Crippen molar-refractivity contribution in [3.8, 4) is 28.2 Å². The summed E-state index contributed by atoms with van der Waals surface area (Å²) in [6.45, 7) is 0.410. The van der Waals surface area contributed by atoms with Gasteiger partial charge in [-0.2, -0.15) is 0 Å². The van der Waals surface area contributed by atoms with Crippen molar-refractivity contribution >= 4 is 55.2 Å². The van der Waals surface area contributed by atoms with Crippen LogP contribution in [0.3, 0.4) is 0 Å². The first-order valence-corrected chi connectivity index (χ1v) is 16.8. The summed E-state index contributed by atoms with van der Waals surface area (Å²) in [5.74, 6) is 0.201. The Kier molecular flexibility index (Phi) is 4.94. The number of aromatic nitrogens is 3. The third-order valence-electron chi connectivity index (χ3n) is 9.74. The SMILES string of the molecule is [2H]C([2H])([2H])c1c2oc3c(-c4nc5cccc(C([2H])([2H])[2H])c5n4-c4c(C(C)C)cc(-c5ccccc5)cc4C(C)C)ccc(C([2H])([2H])[2H])c3c2nc2oc3ccccc3c12. The normalized spacial score (nSPS) is 15.7. The second-order valence-electron chi connectivity index (χ2n) is 13.5. The van der Waals surface area contributed by atoms with Crippen LogP contribution in [0.1, 0.15) is 79.7 Å². The molecule has 5 heteroatoms. The van der Waals surface area contributed by atoms with Gasteiger partial charge in [-0.05, 0) is 96.1 Å². The van der Waals surface area contributed by atoms with E-state index in [1.165, 1.54) is 6.07 Å². The van der Waals surface area contributed by atoms with Gasteiger partial charge in [0, 0.05) is 23.3 Å². The average molecular weight is 663 g/mol. The van der Waals surface area contributed by atoms with Gasteiger partial charge in [-0.3, -0.25) is 4.57 Å². The lowest BCUT2D eigenvalue weighted by Crippen LogP contribution is -2.10. The van der Waals surface area contributed by atoms with Crippen LogP contribution in [-0.4, -0.2) is 14.5 Å². The van der Waals surface area contributed by atoms with Gasteiger partial charge in [-0.15, -0.1) is 0 Å². The highest BCUT2D eigenvalue weighted by atomic mass is 16.3. The summed E-state index contributed by atoms with van der Waals surface area (Å²) in [4.78, 5) is 9.95. The summed E-state index contributed by atoms with van der Waals surface area (Å²) in [7, 11) is 0. The van der Waals surface area contributed by atoms with E-state index in [9.17, 15) is 0 Å². The van der Waals surface area contributed by atoms with E-state index >= 15 is 0 Å². The Bertz CT molecular complexity index is 3100. The van der Waals surface area contributed by atoms with Gasteiger partial charge < -0.3 is 8.83 Å². The molecule has 0 aliphatic rings. The van der Waals surface area contributed by atoms with Crippen molar-refractivity contribution in [2.24, 2.45) is 0 Å². The van der Waals surface area contributed by atoms with Crippen LogP contribution < -0.4 is 0 Å². The minimum absolute atomic E-state index is 0.0226. The van der Waals surface area contributed by atoms with Gasteiger partial charge >= 0.3 is 0 Å². The number of imidazole rings is 1. The lowest BCUT2D eigenvalue weighted by atomic mass is 9.88. The Labute approximate surface area is 303 Å². The monoisotopic (exact) mass is 662 g/mol. The van der Waals surface area contributed by atoms with Gasteiger partial charge in [-0.1, -0.05) is 94.4 Å². The zero-order valence-corrected chi connectivity index (χ0v) is 28.1. The molecule has 9 aromatic rings. The zero-order valence-electron chi connectivity index (χ0n) is 37.1. The number of furan rings is 2. The second-order valence-corrected chi connectivity index (χ2v) is 13.5. The van der Waals surface area contributed by atoms with Crippen LogP contribution in [0.15, 0.2) is 106 Å². The summed E-state index contributed by atoms with van der Waals surface area (Å²) >= 11 is 0. The highest BCUT2D eigenvalue weighted by Crippen LogP contribution is 2.45. The molecule has 0 bridgehead atoms. The van der Waals surface area contributed by atoms with Crippen molar-refractivity contribution in [1.29, 1.82) is 0 Å². The van der Waals surface area contributed by atoms with Gasteiger partial charge in [0.25, 0.3) is 0 Å². The number of para-hydroxylation sites is 2. The molecule has 4 heterocycles. The highest BCUT2D eigenvalue weighted by Gasteiger charge is 2.28. The van der Waals surface area contributed by atoms with Crippen molar-refractivity contribution in [3.05, 3.63) is 125 Å². The minimum atomic E-state index is -2.74. The number of nitrogens with zero attached hydrogens (tertiary/aromatic N) is 3. The van der Waals surface area contributed by atoms with Crippen LogP contribution in [0, 0.1) is 20.6 Å². The van der Waals surface area contributed by atoms with Crippen LogP contribution in [0.2, 0.25) is 0 Å². The molecule has 0 amide bonds. The predicted octanol–water partition coefficient (Wildman–Crippen LogP) is 12.7. The fourth-order valence-corrected chi connectivity index (χ4v) is 7.35. The van der Waals surface area contributed by atoms with E-state index in [0.717, 1.165) is 27.9 Å². The maximum Gasteiger partial charge on any atom is 0.228 e. The van der Waals surface area contributed by atoms with Crippen LogP contribution >= 0.6 is 0 Å². The third-order valence-corrected chi connectivity index (χ3v) is 9.74. The van der Waals surface area contributed by atoms with Crippen LogP contribution in [0.25, 0.3) is 83.4 Å². The molecule has 50 heavy (non-hydrogen) atoms. The number of hydrogen-bond acceptors (Lipinski definition) is 4. The molecule has 0 unspecified atom stereocenters. The Balaban J connectivity index is 1.48. The number of rotatable bonds is 5. The van der Waals surface area contributed by atoms with Gasteiger partial charge in [0.2, 0.25) is 5.71 Å². The third kappa shape index (κ3) is 4.39. The molecule has 0 aliphatic heterocycles.